The zero-order valence-corrected chi connectivity index (χ0v) is 18.2. The molecule has 1 unspecified atom stereocenters. The van der Waals surface area contributed by atoms with Crippen LogP contribution >= 0.6 is 0 Å². The average molecular weight is 437 g/mol. The third-order valence-corrected chi connectivity index (χ3v) is 6.13. The van der Waals surface area contributed by atoms with Crippen molar-refractivity contribution >= 4 is 29.1 Å². The molecule has 32 heavy (non-hydrogen) atoms. The fourth-order valence-corrected chi connectivity index (χ4v) is 4.36. The van der Waals surface area contributed by atoms with Gasteiger partial charge in [-0.25, -0.2) is 4.90 Å². The van der Waals surface area contributed by atoms with Crippen molar-refractivity contribution in [1.29, 1.82) is 0 Å². The number of hydrogen-bond donors (Lipinski definition) is 1. The zero-order valence-electron chi connectivity index (χ0n) is 18.2. The number of piperidine rings is 1. The smallest absolute Gasteiger partial charge is 0.251 e. The highest BCUT2D eigenvalue weighted by atomic mass is 16.5. The number of para-hydroxylation sites is 1. The van der Waals surface area contributed by atoms with E-state index in [1.165, 1.54) is 12.0 Å². The Hall–Kier alpha value is -3.39. The Balaban J connectivity index is 1.40. The third-order valence-electron chi connectivity index (χ3n) is 6.13. The Kier molecular flexibility index (Phi) is 6.41. The Morgan fingerprint density at radius 2 is 1.72 bits per heavy atom. The van der Waals surface area contributed by atoms with E-state index >= 15 is 0 Å². The van der Waals surface area contributed by atoms with Gasteiger partial charge in [0.05, 0.1) is 32.4 Å². The van der Waals surface area contributed by atoms with E-state index in [9.17, 15) is 14.4 Å². The summed E-state index contributed by atoms with van der Waals surface area (Å²) in [5, 5.41) is 2.95. The molecule has 0 aromatic heterocycles. The van der Waals surface area contributed by atoms with Crippen LogP contribution in [0.3, 0.4) is 0 Å². The van der Waals surface area contributed by atoms with Gasteiger partial charge >= 0.3 is 0 Å². The molecule has 2 aliphatic heterocycles. The van der Waals surface area contributed by atoms with Gasteiger partial charge in [0.25, 0.3) is 5.91 Å². The standard InChI is InChI=1S/C24H27N3O5/c1-31-18-8-9-19(21(14-18)32-2)27-22(28)15-20(24(27)30)26-12-10-16(11-13-26)23(29)25-17-6-4-3-5-7-17/h3-9,14,16,20H,10-13,15H2,1-2H3,(H,25,29). The minimum atomic E-state index is -0.521. The van der Waals surface area contributed by atoms with Crippen molar-refractivity contribution in [3.8, 4) is 11.5 Å². The summed E-state index contributed by atoms with van der Waals surface area (Å²) in [6.45, 7) is 1.17. The summed E-state index contributed by atoms with van der Waals surface area (Å²) in [5.41, 5.74) is 1.20. The summed E-state index contributed by atoms with van der Waals surface area (Å²) in [5.74, 6) is 0.351. The molecular weight excluding hydrogens is 410 g/mol. The Labute approximate surface area is 187 Å². The second-order valence-electron chi connectivity index (χ2n) is 7.99. The molecule has 0 bridgehead atoms. The fraction of sp³-hybridized carbons (Fsp3) is 0.375. The van der Waals surface area contributed by atoms with Gasteiger partial charge in [0.1, 0.15) is 11.5 Å². The van der Waals surface area contributed by atoms with Gasteiger partial charge in [-0.1, -0.05) is 18.2 Å². The molecule has 8 nitrogen and oxygen atoms in total. The number of rotatable bonds is 6. The molecule has 1 atom stereocenters. The van der Waals surface area contributed by atoms with E-state index in [-0.39, 0.29) is 30.1 Å². The molecule has 2 aliphatic rings. The molecule has 0 spiro atoms. The van der Waals surface area contributed by atoms with Crippen LogP contribution in [0.1, 0.15) is 19.3 Å². The highest BCUT2D eigenvalue weighted by Gasteiger charge is 2.44. The molecular formula is C24H27N3O5. The molecule has 2 fully saturated rings. The molecule has 0 saturated carbocycles. The predicted octanol–water partition coefficient (Wildman–Crippen LogP) is 2.69. The van der Waals surface area contributed by atoms with Gasteiger partial charge in [0, 0.05) is 17.7 Å². The van der Waals surface area contributed by atoms with Crippen LogP contribution < -0.4 is 19.7 Å². The van der Waals surface area contributed by atoms with Gasteiger partial charge in [0.2, 0.25) is 11.8 Å². The van der Waals surface area contributed by atoms with E-state index in [4.69, 9.17) is 9.47 Å². The molecule has 4 rings (SSSR count). The summed E-state index contributed by atoms with van der Waals surface area (Å²) in [4.78, 5) is 41.8. The average Bonchev–Trinajstić information content (AvgIpc) is 3.12. The van der Waals surface area contributed by atoms with Gasteiger partial charge in [0.15, 0.2) is 0 Å². The molecule has 1 N–H and O–H groups in total. The van der Waals surface area contributed by atoms with E-state index in [1.54, 1.807) is 25.3 Å². The van der Waals surface area contributed by atoms with Gasteiger partial charge in [-0.2, -0.15) is 0 Å². The first-order chi connectivity index (χ1) is 15.5. The maximum absolute atomic E-state index is 13.2. The number of ether oxygens (including phenoxy) is 2. The summed E-state index contributed by atoms with van der Waals surface area (Å²) in [6, 6.07) is 13.9. The highest BCUT2D eigenvalue weighted by molar-refractivity contribution is 6.23. The molecule has 168 valence electrons. The number of likely N-dealkylation sites (tertiary alicyclic amines) is 1. The van der Waals surface area contributed by atoms with Crippen molar-refractivity contribution in [1.82, 2.24) is 4.90 Å². The second kappa shape index (κ2) is 9.40. The van der Waals surface area contributed by atoms with Gasteiger partial charge in [-0.15, -0.1) is 0 Å². The summed E-state index contributed by atoms with van der Waals surface area (Å²) >= 11 is 0. The predicted molar refractivity (Wildman–Crippen MR) is 120 cm³/mol. The highest BCUT2D eigenvalue weighted by Crippen LogP contribution is 2.36. The first-order valence-electron chi connectivity index (χ1n) is 10.7. The van der Waals surface area contributed by atoms with Crippen molar-refractivity contribution in [2.24, 2.45) is 5.92 Å². The van der Waals surface area contributed by atoms with Crippen molar-refractivity contribution in [3.63, 3.8) is 0 Å². The van der Waals surface area contributed by atoms with Crippen LogP contribution in [0.2, 0.25) is 0 Å². The second-order valence-corrected chi connectivity index (χ2v) is 7.99. The van der Waals surface area contributed by atoms with Crippen molar-refractivity contribution in [2.45, 2.75) is 25.3 Å². The molecule has 2 saturated heterocycles. The SMILES string of the molecule is COc1ccc(N2C(=O)CC(N3CCC(C(=O)Nc4ccccc4)CC3)C2=O)c(OC)c1. The lowest BCUT2D eigenvalue weighted by atomic mass is 9.94. The number of carbonyl (C=O) groups is 3. The van der Waals surface area contributed by atoms with Crippen LogP contribution in [-0.2, 0) is 14.4 Å². The van der Waals surface area contributed by atoms with E-state index in [0.717, 1.165) is 5.69 Å². The van der Waals surface area contributed by atoms with Crippen LogP contribution in [0.5, 0.6) is 11.5 Å². The minimum Gasteiger partial charge on any atom is -0.497 e. The normalized spacial score (nSPS) is 19.8. The number of nitrogens with one attached hydrogen (secondary N) is 1. The Morgan fingerprint density at radius 1 is 1.00 bits per heavy atom. The zero-order chi connectivity index (χ0) is 22.7. The van der Waals surface area contributed by atoms with Crippen LogP contribution in [-0.4, -0.2) is 56.0 Å². The number of carbonyl (C=O) groups excluding carboxylic acids is 3. The number of amides is 3. The third kappa shape index (κ3) is 4.31. The maximum Gasteiger partial charge on any atom is 0.251 e. The Bertz CT molecular complexity index is 1000. The van der Waals surface area contributed by atoms with Crippen LogP contribution in [0.25, 0.3) is 0 Å². The van der Waals surface area contributed by atoms with E-state index in [0.29, 0.717) is 43.1 Å². The summed E-state index contributed by atoms with van der Waals surface area (Å²) < 4.78 is 10.6. The lowest BCUT2D eigenvalue weighted by molar-refractivity contribution is -0.123. The summed E-state index contributed by atoms with van der Waals surface area (Å²) in [7, 11) is 3.03. The minimum absolute atomic E-state index is 0.00531. The molecule has 2 aromatic carbocycles. The quantitative estimate of drug-likeness (QED) is 0.699. The van der Waals surface area contributed by atoms with E-state index in [1.807, 2.05) is 35.2 Å². The van der Waals surface area contributed by atoms with Crippen molar-refractivity contribution in [3.05, 3.63) is 48.5 Å². The monoisotopic (exact) mass is 437 g/mol. The molecule has 2 heterocycles. The Morgan fingerprint density at radius 3 is 2.38 bits per heavy atom. The maximum atomic E-state index is 13.2. The first-order valence-corrected chi connectivity index (χ1v) is 10.7. The number of hydrogen-bond acceptors (Lipinski definition) is 6. The number of imide groups is 1. The van der Waals surface area contributed by atoms with Crippen LogP contribution in [0.4, 0.5) is 11.4 Å². The number of anilines is 2. The van der Waals surface area contributed by atoms with Crippen molar-refractivity contribution < 1.29 is 23.9 Å². The lowest BCUT2D eigenvalue weighted by Crippen LogP contribution is -2.47. The number of nitrogens with zero attached hydrogens (tertiary/aromatic N) is 2. The van der Waals surface area contributed by atoms with Crippen molar-refractivity contribution in [2.75, 3.05) is 37.5 Å². The molecule has 0 aliphatic carbocycles. The lowest BCUT2D eigenvalue weighted by Gasteiger charge is -2.34. The van der Waals surface area contributed by atoms with Gasteiger partial charge in [-0.05, 0) is 50.2 Å². The first kappa shape index (κ1) is 21.8. The van der Waals surface area contributed by atoms with Crippen LogP contribution in [0, 0.1) is 5.92 Å². The van der Waals surface area contributed by atoms with E-state index < -0.39 is 6.04 Å². The number of methoxy groups -OCH3 is 2. The molecule has 2 aromatic rings. The number of benzene rings is 2. The van der Waals surface area contributed by atoms with Crippen LogP contribution in [0.15, 0.2) is 48.5 Å². The molecule has 0 radical (unpaired) electrons. The molecule has 3 amide bonds. The summed E-state index contributed by atoms with van der Waals surface area (Å²) in [6.07, 6.45) is 1.40. The fourth-order valence-electron chi connectivity index (χ4n) is 4.36. The largest absolute Gasteiger partial charge is 0.497 e. The van der Waals surface area contributed by atoms with Gasteiger partial charge < -0.3 is 14.8 Å². The molecule has 8 heteroatoms. The van der Waals surface area contributed by atoms with Gasteiger partial charge in [-0.3, -0.25) is 19.3 Å². The topological polar surface area (TPSA) is 88.2 Å². The van der Waals surface area contributed by atoms with E-state index in [2.05, 4.69) is 5.32 Å².